The Morgan fingerprint density at radius 2 is 1.82 bits per heavy atom. The van der Waals surface area contributed by atoms with E-state index < -0.39 is 6.04 Å². The van der Waals surface area contributed by atoms with Crippen LogP contribution in [0.1, 0.15) is 18.1 Å². The quantitative estimate of drug-likeness (QED) is 0.595. The Hall–Kier alpha value is -2.93. The van der Waals surface area contributed by atoms with Gasteiger partial charge in [0.1, 0.15) is 6.33 Å². The Labute approximate surface area is 168 Å². The van der Waals surface area contributed by atoms with Gasteiger partial charge < -0.3 is 5.32 Å². The molecule has 1 atom stereocenters. The molecule has 1 heterocycles. The number of hydrogen-bond acceptors (Lipinski definition) is 5. The molecule has 0 aliphatic heterocycles. The van der Waals surface area contributed by atoms with Crippen LogP contribution in [0.4, 0.5) is 0 Å². The summed E-state index contributed by atoms with van der Waals surface area (Å²) < 4.78 is 1.86. The van der Waals surface area contributed by atoms with Gasteiger partial charge >= 0.3 is 0 Å². The minimum Gasteiger partial charge on any atom is -0.345 e. The van der Waals surface area contributed by atoms with Gasteiger partial charge in [0.05, 0.1) is 17.5 Å². The number of Topliss-reactive ketones (excluding diaryl/α,β-unsaturated/α-hetero) is 1. The highest BCUT2D eigenvalue weighted by Gasteiger charge is 2.18. The molecule has 1 aromatic heterocycles. The Morgan fingerprint density at radius 3 is 2.54 bits per heavy atom. The largest absolute Gasteiger partial charge is 0.345 e. The molecular formula is C21H22N4O2S. The minimum atomic E-state index is -0.537. The highest BCUT2D eigenvalue weighted by Crippen LogP contribution is 2.21. The molecule has 0 saturated carbocycles. The lowest BCUT2D eigenvalue weighted by Gasteiger charge is -2.16. The smallest absolute Gasteiger partial charge is 0.231 e. The molecule has 0 aliphatic rings. The first kappa shape index (κ1) is 19.8. The van der Waals surface area contributed by atoms with E-state index in [1.165, 1.54) is 18.7 Å². The maximum absolute atomic E-state index is 12.4. The Kier molecular flexibility index (Phi) is 6.60. The van der Waals surface area contributed by atoms with Gasteiger partial charge in [-0.25, -0.2) is 0 Å². The number of benzene rings is 2. The van der Waals surface area contributed by atoms with E-state index in [4.69, 9.17) is 0 Å². The van der Waals surface area contributed by atoms with Crippen LogP contribution in [0.15, 0.2) is 66.1 Å². The highest BCUT2D eigenvalue weighted by molar-refractivity contribution is 7.99. The first-order valence-corrected chi connectivity index (χ1v) is 9.95. The highest BCUT2D eigenvalue weighted by atomic mass is 32.2. The van der Waals surface area contributed by atoms with E-state index >= 15 is 0 Å². The van der Waals surface area contributed by atoms with E-state index in [0.717, 1.165) is 16.8 Å². The van der Waals surface area contributed by atoms with Crippen LogP contribution in [0, 0.1) is 6.92 Å². The molecule has 144 valence electrons. The predicted octanol–water partition coefficient (Wildman–Crippen LogP) is 2.98. The van der Waals surface area contributed by atoms with Crippen LogP contribution < -0.4 is 5.32 Å². The fraction of sp³-hybridized carbons (Fsp3) is 0.238. The molecule has 0 saturated heterocycles. The number of nitrogens with one attached hydrogen (secondary N) is 1. The maximum Gasteiger partial charge on any atom is 0.231 e. The van der Waals surface area contributed by atoms with Gasteiger partial charge in [0.15, 0.2) is 10.9 Å². The van der Waals surface area contributed by atoms with Crippen molar-refractivity contribution >= 4 is 23.5 Å². The third-order valence-electron chi connectivity index (χ3n) is 4.33. The summed E-state index contributed by atoms with van der Waals surface area (Å²) in [6.45, 7) is 3.51. The SMILES string of the molecule is CC(=O)[C@H](Cc1ccccc1)NC(=O)CSc1nncn1-c1ccccc1C. The third kappa shape index (κ3) is 5.07. The van der Waals surface area contributed by atoms with Gasteiger partial charge in [-0.1, -0.05) is 60.3 Å². The molecule has 0 radical (unpaired) electrons. The summed E-state index contributed by atoms with van der Waals surface area (Å²) in [4.78, 5) is 24.4. The molecule has 0 spiro atoms. The molecular weight excluding hydrogens is 372 g/mol. The first-order chi connectivity index (χ1) is 13.5. The fourth-order valence-corrected chi connectivity index (χ4v) is 3.57. The lowest BCUT2D eigenvalue weighted by atomic mass is 10.0. The van der Waals surface area contributed by atoms with Gasteiger partial charge in [-0.2, -0.15) is 0 Å². The van der Waals surface area contributed by atoms with Gasteiger partial charge in [0.2, 0.25) is 5.91 Å². The minimum absolute atomic E-state index is 0.0646. The molecule has 3 rings (SSSR count). The monoisotopic (exact) mass is 394 g/mol. The van der Waals surface area contributed by atoms with Crippen LogP contribution in [-0.4, -0.2) is 38.2 Å². The van der Waals surface area contributed by atoms with Crippen molar-refractivity contribution in [3.8, 4) is 5.69 Å². The average Bonchev–Trinajstić information content (AvgIpc) is 3.15. The number of ketones is 1. The van der Waals surface area contributed by atoms with Crippen molar-refractivity contribution in [3.05, 3.63) is 72.1 Å². The molecule has 6 nitrogen and oxygen atoms in total. The summed E-state index contributed by atoms with van der Waals surface area (Å²) in [6.07, 6.45) is 2.11. The van der Waals surface area contributed by atoms with Gasteiger partial charge in [-0.05, 0) is 37.5 Å². The van der Waals surface area contributed by atoms with E-state index in [1.54, 1.807) is 6.33 Å². The van der Waals surface area contributed by atoms with Crippen LogP contribution in [0.5, 0.6) is 0 Å². The molecule has 0 unspecified atom stereocenters. The number of hydrogen-bond donors (Lipinski definition) is 1. The first-order valence-electron chi connectivity index (χ1n) is 8.97. The molecule has 2 aromatic carbocycles. The van der Waals surface area contributed by atoms with Crippen LogP contribution in [0.25, 0.3) is 5.69 Å². The number of thioether (sulfide) groups is 1. The van der Waals surface area contributed by atoms with Crippen LogP contribution >= 0.6 is 11.8 Å². The topological polar surface area (TPSA) is 76.9 Å². The Balaban J connectivity index is 1.62. The number of nitrogens with zero attached hydrogens (tertiary/aromatic N) is 3. The Bertz CT molecular complexity index is 956. The van der Waals surface area contributed by atoms with Crippen LogP contribution in [0.2, 0.25) is 0 Å². The van der Waals surface area contributed by atoms with Crippen molar-refractivity contribution in [1.82, 2.24) is 20.1 Å². The zero-order valence-corrected chi connectivity index (χ0v) is 16.6. The molecule has 0 fully saturated rings. The normalized spacial score (nSPS) is 11.8. The molecule has 3 aromatic rings. The number of amides is 1. The standard InChI is InChI=1S/C21H22N4O2S/c1-15-8-6-7-11-19(15)25-14-22-24-21(25)28-13-20(27)23-18(16(2)26)12-17-9-4-3-5-10-17/h3-11,14,18H,12-13H2,1-2H3,(H,23,27)/t18-/m0/s1. The average molecular weight is 395 g/mol. The van der Waals surface area contributed by atoms with E-state index in [2.05, 4.69) is 15.5 Å². The van der Waals surface area contributed by atoms with E-state index in [0.29, 0.717) is 11.6 Å². The van der Waals surface area contributed by atoms with Gasteiger partial charge in [0, 0.05) is 0 Å². The molecule has 1 amide bonds. The molecule has 7 heteroatoms. The second kappa shape index (κ2) is 9.32. The lowest BCUT2D eigenvalue weighted by Crippen LogP contribution is -2.42. The summed E-state index contributed by atoms with van der Waals surface area (Å²) in [7, 11) is 0. The zero-order valence-electron chi connectivity index (χ0n) is 15.8. The van der Waals surface area contributed by atoms with Crippen molar-refractivity contribution in [2.45, 2.75) is 31.5 Å². The summed E-state index contributed by atoms with van der Waals surface area (Å²) in [5.74, 6) is -0.117. The van der Waals surface area contributed by atoms with E-state index in [9.17, 15) is 9.59 Å². The third-order valence-corrected chi connectivity index (χ3v) is 5.28. The molecule has 0 aliphatic carbocycles. The van der Waals surface area contributed by atoms with Crippen molar-refractivity contribution in [2.75, 3.05) is 5.75 Å². The van der Waals surface area contributed by atoms with Gasteiger partial charge in [0.25, 0.3) is 0 Å². The van der Waals surface area contributed by atoms with Crippen molar-refractivity contribution in [2.24, 2.45) is 0 Å². The molecule has 1 N–H and O–H groups in total. The van der Waals surface area contributed by atoms with Crippen LogP contribution in [0.3, 0.4) is 0 Å². The summed E-state index contributed by atoms with van der Waals surface area (Å²) in [6, 6.07) is 17.0. The van der Waals surface area contributed by atoms with Crippen molar-refractivity contribution in [1.29, 1.82) is 0 Å². The number of para-hydroxylation sites is 1. The van der Waals surface area contributed by atoms with E-state index in [-0.39, 0.29) is 17.4 Å². The summed E-state index contributed by atoms with van der Waals surface area (Å²) in [5.41, 5.74) is 3.07. The molecule has 28 heavy (non-hydrogen) atoms. The maximum atomic E-state index is 12.4. The van der Waals surface area contributed by atoms with Crippen molar-refractivity contribution < 1.29 is 9.59 Å². The predicted molar refractivity (Wildman–Crippen MR) is 110 cm³/mol. The van der Waals surface area contributed by atoms with Crippen LogP contribution in [-0.2, 0) is 16.0 Å². The second-order valence-corrected chi connectivity index (χ2v) is 7.42. The number of rotatable bonds is 8. The molecule has 0 bridgehead atoms. The second-order valence-electron chi connectivity index (χ2n) is 6.48. The van der Waals surface area contributed by atoms with Gasteiger partial charge in [-0.3, -0.25) is 14.2 Å². The lowest BCUT2D eigenvalue weighted by molar-refractivity contribution is -0.125. The number of carbonyl (C=O) groups is 2. The summed E-state index contributed by atoms with van der Waals surface area (Å²) in [5, 5.41) is 11.5. The fourth-order valence-electron chi connectivity index (χ4n) is 2.83. The van der Waals surface area contributed by atoms with Crippen molar-refractivity contribution in [3.63, 3.8) is 0 Å². The summed E-state index contributed by atoms with van der Waals surface area (Å²) >= 11 is 1.29. The van der Waals surface area contributed by atoms with E-state index in [1.807, 2.05) is 66.1 Å². The van der Waals surface area contributed by atoms with Gasteiger partial charge in [-0.15, -0.1) is 10.2 Å². The number of aromatic nitrogens is 3. The number of aryl methyl sites for hydroxylation is 1. The Morgan fingerprint density at radius 1 is 1.11 bits per heavy atom. The zero-order chi connectivity index (χ0) is 19.9. The number of carbonyl (C=O) groups excluding carboxylic acids is 2.